The van der Waals surface area contributed by atoms with E-state index in [1.165, 1.54) is 5.69 Å². The van der Waals surface area contributed by atoms with E-state index in [2.05, 4.69) is 39.5 Å². The van der Waals surface area contributed by atoms with E-state index in [1.807, 2.05) is 29.9 Å². The number of thiazole rings is 1. The quantitative estimate of drug-likeness (QED) is 0.719. The predicted octanol–water partition coefficient (Wildman–Crippen LogP) is 3.32. The minimum absolute atomic E-state index is 0.0619. The zero-order chi connectivity index (χ0) is 19.5. The molecule has 1 aliphatic rings. The van der Waals surface area contributed by atoms with Crippen molar-refractivity contribution < 1.29 is 9.53 Å². The van der Waals surface area contributed by atoms with Crippen LogP contribution in [0.1, 0.15) is 27.3 Å². The number of anilines is 1. The molecule has 1 amide bonds. The van der Waals surface area contributed by atoms with E-state index in [4.69, 9.17) is 4.74 Å². The number of morpholine rings is 1. The Balaban J connectivity index is 1.41. The molecular formula is C21H24N4O2S. The minimum Gasteiger partial charge on any atom is -0.378 e. The van der Waals surface area contributed by atoms with Crippen molar-refractivity contribution in [1.29, 1.82) is 0 Å². The fourth-order valence-electron chi connectivity index (χ4n) is 3.54. The van der Waals surface area contributed by atoms with Gasteiger partial charge >= 0.3 is 0 Å². The maximum atomic E-state index is 12.7. The Morgan fingerprint density at radius 2 is 1.96 bits per heavy atom. The maximum Gasteiger partial charge on any atom is 0.253 e. The van der Waals surface area contributed by atoms with Crippen LogP contribution >= 0.6 is 11.3 Å². The summed E-state index contributed by atoms with van der Waals surface area (Å²) < 4.78 is 7.43. The van der Waals surface area contributed by atoms with Gasteiger partial charge in [-0.2, -0.15) is 0 Å². The van der Waals surface area contributed by atoms with Gasteiger partial charge in [-0.3, -0.25) is 9.36 Å². The van der Waals surface area contributed by atoms with E-state index in [9.17, 15) is 4.79 Å². The van der Waals surface area contributed by atoms with Crippen LogP contribution in [0.2, 0.25) is 0 Å². The second-order valence-corrected chi connectivity index (χ2v) is 7.76. The van der Waals surface area contributed by atoms with Crippen LogP contribution in [0.15, 0.2) is 41.9 Å². The summed E-state index contributed by atoms with van der Waals surface area (Å²) in [6.07, 6.45) is 1.78. The molecule has 1 aliphatic heterocycles. The third kappa shape index (κ3) is 3.81. The number of rotatable bonds is 5. The number of amides is 1. The smallest absolute Gasteiger partial charge is 0.253 e. The van der Waals surface area contributed by atoms with E-state index in [0.29, 0.717) is 12.1 Å². The molecule has 7 heteroatoms. The lowest BCUT2D eigenvalue weighted by molar-refractivity contribution is 0.0950. The first kappa shape index (κ1) is 18.7. The molecule has 146 valence electrons. The van der Waals surface area contributed by atoms with Gasteiger partial charge in [-0.25, -0.2) is 4.98 Å². The fraction of sp³-hybridized carbons (Fsp3) is 0.333. The maximum absolute atomic E-state index is 12.7. The standard InChI is InChI=1S/C21H24N4O2S/c1-15-13-19(16(2)25(15)21-22-7-12-28-21)20(26)23-14-17-3-5-18(6-4-17)24-8-10-27-11-9-24/h3-7,12-13H,8-11,14H2,1-2H3,(H,23,26). The van der Waals surface area contributed by atoms with Crippen molar-refractivity contribution >= 4 is 22.9 Å². The molecule has 1 saturated heterocycles. The molecule has 0 spiro atoms. The molecule has 28 heavy (non-hydrogen) atoms. The van der Waals surface area contributed by atoms with Gasteiger partial charge in [0.25, 0.3) is 5.91 Å². The zero-order valence-corrected chi connectivity index (χ0v) is 17.0. The highest BCUT2D eigenvalue weighted by Crippen LogP contribution is 2.22. The SMILES string of the molecule is Cc1cc(C(=O)NCc2ccc(N3CCOCC3)cc2)c(C)n1-c1nccs1. The Bertz CT molecular complexity index is 942. The van der Waals surface area contributed by atoms with Crippen LogP contribution in [0.3, 0.4) is 0 Å². The molecule has 0 unspecified atom stereocenters. The van der Waals surface area contributed by atoms with E-state index in [1.54, 1.807) is 17.5 Å². The first-order valence-corrected chi connectivity index (χ1v) is 10.3. The summed E-state index contributed by atoms with van der Waals surface area (Å²) >= 11 is 1.56. The summed E-state index contributed by atoms with van der Waals surface area (Å²) in [7, 11) is 0. The van der Waals surface area contributed by atoms with Gasteiger partial charge in [0.15, 0.2) is 5.13 Å². The van der Waals surface area contributed by atoms with E-state index < -0.39 is 0 Å². The molecule has 1 aromatic carbocycles. The Morgan fingerprint density at radius 1 is 1.21 bits per heavy atom. The molecule has 0 atom stereocenters. The Hall–Kier alpha value is -2.64. The van der Waals surface area contributed by atoms with Crippen molar-refractivity contribution in [2.24, 2.45) is 0 Å². The molecular weight excluding hydrogens is 372 g/mol. The van der Waals surface area contributed by atoms with Crippen LogP contribution in [-0.2, 0) is 11.3 Å². The summed E-state index contributed by atoms with van der Waals surface area (Å²) in [6, 6.07) is 10.3. The molecule has 1 N–H and O–H groups in total. The molecule has 0 aliphatic carbocycles. The van der Waals surface area contributed by atoms with Crippen molar-refractivity contribution in [2.75, 3.05) is 31.2 Å². The van der Waals surface area contributed by atoms with Gasteiger partial charge < -0.3 is 15.0 Å². The molecule has 4 rings (SSSR count). The number of hydrogen-bond acceptors (Lipinski definition) is 5. The number of nitrogens with zero attached hydrogens (tertiary/aromatic N) is 3. The highest BCUT2D eigenvalue weighted by molar-refractivity contribution is 7.12. The lowest BCUT2D eigenvalue weighted by Gasteiger charge is -2.28. The van der Waals surface area contributed by atoms with Crippen LogP contribution in [0.5, 0.6) is 0 Å². The summed E-state index contributed by atoms with van der Waals surface area (Å²) in [5, 5.41) is 5.86. The number of nitrogens with one attached hydrogen (secondary N) is 1. The lowest BCUT2D eigenvalue weighted by atomic mass is 10.1. The van der Waals surface area contributed by atoms with Gasteiger partial charge in [-0.05, 0) is 37.6 Å². The fourth-order valence-corrected chi connectivity index (χ4v) is 4.29. The van der Waals surface area contributed by atoms with Gasteiger partial charge in [0, 0.05) is 48.3 Å². The second-order valence-electron chi connectivity index (χ2n) is 6.88. The van der Waals surface area contributed by atoms with Crippen molar-refractivity contribution in [1.82, 2.24) is 14.9 Å². The number of carbonyl (C=O) groups is 1. The molecule has 3 aromatic rings. The van der Waals surface area contributed by atoms with Gasteiger partial charge in [-0.15, -0.1) is 11.3 Å². The lowest BCUT2D eigenvalue weighted by Crippen LogP contribution is -2.36. The molecule has 2 aromatic heterocycles. The van der Waals surface area contributed by atoms with Gasteiger partial charge in [-0.1, -0.05) is 12.1 Å². The molecule has 0 bridgehead atoms. The topological polar surface area (TPSA) is 59.4 Å². The Labute approximate surface area is 168 Å². The number of hydrogen-bond donors (Lipinski definition) is 1. The van der Waals surface area contributed by atoms with Gasteiger partial charge in [0.1, 0.15) is 0 Å². The number of carbonyl (C=O) groups excluding carboxylic acids is 1. The van der Waals surface area contributed by atoms with Crippen molar-refractivity contribution in [3.05, 3.63) is 64.4 Å². The van der Waals surface area contributed by atoms with Gasteiger partial charge in [0.2, 0.25) is 0 Å². The molecule has 0 radical (unpaired) electrons. The average Bonchev–Trinajstić information content (AvgIpc) is 3.35. The third-order valence-corrected chi connectivity index (χ3v) is 5.81. The normalized spacial score (nSPS) is 14.3. The Morgan fingerprint density at radius 3 is 2.64 bits per heavy atom. The van der Waals surface area contributed by atoms with Crippen LogP contribution in [0.25, 0.3) is 5.13 Å². The number of ether oxygens (including phenoxy) is 1. The predicted molar refractivity (Wildman–Crippen MR) is 112 cm³/mol. The van der Waals surface area contributed by atoms with Crippen LogP contribution in [-0.4, -0.2) is 41.8 Å². The van der Waals surface area contributed by atoms with Gasteiger partial charge in [0.05, 0.1) is 18.8 Å². The molecule has 0 saturated carbocycles. The first-order valence-electron chi connectivity index (χ1n) is 9.42. The number of benzene rings is 1. The summed E-state index contributed by atoms with van der Waals surface area (Å²) in [6.45, 7) is 7.85. The summed E-state index contributed by atoms with van der Waals surface area (Å²) in [5.41, 5.74) is 4.89. The van der Waals surface area contributed by atoms with E-state index in [0.717, 1.165) is 48.4 Å². The number of aryl methyl sites for hydroxylation is 1. The van der Waals surface area contributed by atoms with Crippen LogP contribution in [0.4, 0.5) is 5.69 Å². The third-order valence-electron chi connectivity index (χ3n) is 5.05. The van der Waals surface area contributed by atoms with Crippen molar-refractivity contribution in [2.45, 2.75) is 20.4 Å². The van der Waals surface area contributed by atoms with E-state index >= 15 is 0 Å². The minimum atomic E-state index is -0.0619. The van der Waals surface area contributed by atoms with Crippen molar-refractivity contribution in [3.8, 4) is 5.13 Å². The first-order chi connectivity index (χ1) is 13.6. The van der Waals surface area contributed by atoms with Crippen LogP contribution in [0, 0.1) is 13.8 Å². The second kappa shape index (κ2) is 8.16. The van der Waals surface area contributed by atoms with E-state index in [-0.39, 0.29) is 5.91 Å². The number of aromatic nitrogens is 2. The average molecular weight is 397 g/mol. The van der Waals surface area contributed by atoms with Crippen molar-refractivity contribution in [3.63, 3.8) is 0 Å². The molecule has 6 nitrogen and oxygen atoms in total. The van der Waals surface area contributed by atoms with Crippen LogP contribution < -0.4 is 10.2 Å². The largest absolute Gasteiger partial charge is 0.378 e. The highest BCUT2D eigenvalue weighted by atomic mass is 32.1. The summed E-state index contributed by atoms with van der Waals surface area (Å²) in [5.74, 6) is -0.0619. The molecule has 3 heterocycles. The Kier molecular flexibility index (Phi) is 5.45. The monoisotopic (exact) mass is 396 g/mol. The molecule has 1 fully saturated rings. The summed E-state index contributed by atoms with van der Waals surface area (Å²) in [4.78, 5) is 19.4. The highest BCUT2D eigenvalue weighted by Gasteiger charge is 2.17. The zero-order valence-electron chi connectivity index (χ0n) is 16.1.